The van der Waals surface area contributed by atoms with E-state index in [-0.39, 0.29) is 36.2 Å². The molecule has 0 aromatic rings. The van der Waals surface area contributed by atoms with Gasteiger partial charge in [0.25, 0.3) is 11.8 Å². The number of nitrogens with zero attached hydrogens (tertiary/aromatic N) is 1. The van der Waals surface area contributed by atoms with Crippen molar-refractivity contribution in [1.29, 1.82) is 0 Å². The summed E-state index contributed by atoms with van der Waals surface area (Å²) in [4.78, 5) is 25.5. The van der Waals surface area contributed by atoms with Gasteiger partial charge in [-0.2, -0.15) is 0 Å². The Bertz CT molecular complexity index is 446. The maximum absolute atomic E-state index is 12.1. The number of hydrogen-bond donors (Lipinski definition) is 0. The normalized spacial score (nSPS) is 29.9. The highest BCUT2D eigenvalue weighted by atomic mass is 16.6. The van der Waals surface area contributed by atoms with Gasteiger partial charge in [0.2, 0.25) is 0 Å². The standard InChI is InChI=1S/C18H29NO5/c1-4-9-22-14-12-13(19-15(20)7-8-16(19)21)17(23-10-5-2)18(14)24-11-6-3/h7-8,13-14,17-18H,4-6,9-12H2,1-3H3. The van der Waals surface area contributed by atoms with E-state index in [1.54, 1.807) is 0 Å². The van der Waals surface area contributed by atoms with Gasteiger partial charge in [0.1, 0.15) is 12.2 Å². The molecule has 4 unspecified atom stereocenters. The van der Waals surface area contributed by atoms with E-state index in [1.807, 2.05) is 13.8 Å². The van der Waals surface area contributed by atoms with E-state index in [0.29, 0.717) is 26.2 Å². The van der Waals surface area contributed by atoms with Crippen molar-refractivity contribution in [3.05, 3.63) is 12.2 Å². The van der Waals surface area contributed by atoms with Crippen molar-refractivity contribution in [2.45, 2.75) is 70.8 Å². The average molecular weight is 339 g/mol. The molecular formula is C18H29NO5. The number of ether oxygens (including phenoxy) is 3. The van der Waals surface area contributed by atoms with Crippen molar-refractivity contribution < 1.29 is 23.8 Å². The summed E-state index contributed by atoms with van der Waals surface area (Å²) in [5, 5.41) is 0. The summed E-state index contributed by atoms with van der Waals surface area (Å²) in [6, 6.07) is -0.338. The summed E-state index contributed by atoms with van der Waals surface area (Å²) in [6.07, 6.45) is 5.11. The van der Waals surface area contributed by atoms with E-state index < -0.39 is 0 Å². The Hall–Kier alpha value is -1.24. The average Bonchev–Trinajstić information content (AvgIpc) is 3.08. The summed E-state index contributed by atoms with van der Waals surface area (Å²) in [5.74, 6) is -0.555. The smallest absolute Gasteiger partial charge is 0.253 e. The van der Waals surface area contributed by atoms with Crippen LogP contribution in [0, 0.1) is 0 Å². The molecule has 2 aliphatic rings. The molecule has 136 valence electrons. The fraction of sp³-hybridized carbons (Fsp3) is 0.778. The molecule has 4 atom stereocenters. The molecule has 0 saturated heterocycles. The Balaban J connectivity index is 2.19. The molecule has 6 heteroatoms. The van der Waals surface area contributed by atoms with Gasteiger partial charge in [-0.3, -0.25) is 14.5 Å². The molecule has 1 aliphatic carbocycles. The Morgan fingerprint density at radius 3 is 1.92 bits per heavy atom. The minimum atomic E-state index is -0.342. The second-order valence-electron chi connectivity index (χ2n) is 6.26. The van der Waals surface area contributed by atoms with Crippen molar-refractivity contribution in [3.63, 3.8) is 0 Å². The predicted molar refractivity (Wildman–Crippen MR) is 89.5 cm³/mol. The minimum absolute atomic E-state index is 0.162. The molecule has 0 bridgehead atoms. The largest absolute Gasteiger partial charge is 0.375 e. The SMILES string of the molecule is CCCOC1CC(N2C(=O)C=CC2=O)C(OCCC)C1OCCC. The van der Waals surface area contributed by atoms with Gasteiger partial charge in [-0.05, 0) is 25.7 Å². The van der Waals surface area contributed by atoms with Crippen LogP contribution in [0.1, 0.15) is 46.5 Å². The highest BCUT2D eigenvalue weighted by molar-refractivity contribution is 6.13. The molecule has 0 N–H and O–H groups in total. The van der Waals surface area contributed by atoms with Crippen LogP contribution in [0.25, 0.3) is 0 Å². The predicted octanol–water partition coefficient (Wildman–Crippen LogP) is 2.07. The first-order chi connectivity index (χ1) is 11.6. The van der Waals surface area contributed by atoms with Crippen LogP contribution < -0.4 is 0 Å². The highest BCUT2D eigenvalue weighted by Crippen LogP contribution is 2.34. The molecule has 2 amide bonds. The van der Waals surface area contributed by atoms with Crippen molar-refractivity contribution in [2.24, 2.45) is 0 Å². The van der Waals surface area contributed by atoms with E-state index in [1.165, 1.54) is 17.1 Å². The Morgan fingerprint density at radius 2 is 1.38 bits per heavy atom. The second-order valence-corrected chi connectivity index (χ2v) is 6.26. The van der Waals surface area contributed by atoms with Gasteiger partial charge in [-0.25, -0.2) is 0 Å². The maximum atomic E-state index is 12.1. The van der Waals surface area contributed by atoms with Crippen LogP contribution in [0.2, 0.25) is 0 Å². The van der Waals surface area contributed by atoms with Crippen LogP contribution in [-0.4, -0.2) is 60.9 Å². The number of carbonyl (C=O) groups excluding carboxylic acids is 2. The number of imide groups is 1. The first-order valence-corrected chi connectivity index (χ1v) is 9.04. The lowest BCUT2D eigenvalue weighted by Crippen LogP contribution is -2.48. The summed E-state index contributed by atoms with van der Waals surface area (Å²) < 4.78 is 18.0. The van der Waals surface area contributed by atoms with E-state index in [4.69, 9.17) is 14.2 Å². The van der Waals surface area contributed by atoms with Crippen LogP contribution in [0.4, 0.5) is 0 Å². The molecule has 2 rings (SSSR count). The zero-order valence-corrected chi connectivity index (χ0v) is 14.9. The monoisotopic (exact) mass is 339 g/mol. The van der Waals surface area contributed by atoms with E-state index in [9.17, 15) is 9.59 Å². The van der Waals surface area contributed by atoms with Gasteiger partial charge in [-0.15, -0.1) is 0 Å². The third-order valence-electron chi connectivity index (χ3n) is 4.28. The van der Waals surface area contributed by atoms with E-state index in [2.05, 4.69) is 6.92 Å². The Labute approximate surface area is 144 Å². The molecule has 24 heavy (non-hydrogen) atoms. The molecule has 1 heterocycles. The maximum Gasteiger partial charge on any atom is 0.253 e. The number of rotatable bonds is 10. The zero-order chi connectivity index (χ0) is 17.5. The van der Waals surface area contributed by atoms with Gasteiger partial charge in [0.15, 0.2) is 0 Å². The van der Waals surface area contributed by atoms with Crippen LogP contribution in [0.5, 0.6) is 0 Å². The molecule has 1 saturated carbocycles. The van der Waals surface area contributed by atoms with Gasteiger partial charge in [-0.1, -0.05) is 20.8 Å². The van der Waals surface area contributed by atoms with Gasteiger partial charge < -0.3 is 14.2 Å². The summed E-state index contributed by atoms with van der Waals surface area (Å²) in [6.45, 7) is 7.94. The molecule has 6 nitrogen and oxygen atoms in total. The minimum Gasteiger partial charge on any atom is -0.375 e. The Morgan fingerprint density at radius 1 is 0.875 bits per heavy atom. The molecule has 0 spiro atoms. The quantitative estimate of drug-likeness (QED) is 0.570. The lowest BCUT2D eigenvalue weighted by molar-refractivity contribution is -0.146. The summed E-state index contributed by atoms with van der Waals surface area (Å²) >= 11 is 0. The second kappa shape index (κ2) is 9.30. The molecule has 1 aliphatic heterocycles. The molecule has 1 fully saturated rings. The first kappa shape index (κ1) is 19.1. The zero-order valence-electron chi connectivity index (χ0n) is 14.9. The number of carbonyl (C=O) groups is 2. The number of hydrogen-bond acceptors (Lipinski definition) is 5. The van der Waals surface area contributed by atoms with Gasteiger partial charge >= 0.3 is 0 Å². The van der Waals surface area contributed by atoms with Crippen molar-refractivity contribution in [2.75, 3.05) is 19.8 Å². The first-order valence-electron chi connectivity index (χ1n) is 9.04. The summed E-state index contributed by atoms with van der Waals surface area (Å²) in [7, 11) is 0. The van der Waals surface area contributed by atoms with Crippen LogP contribution in [-0.2, 0) is 23.8 Å². The fourth-order valence-corrected chi connectivity index (χ4v) is 3.28. The topological polar surface area (TPSA) is 65.1 Å². The van der Waals surface area contributed by atoms with Gasteiger partial charge in [0.05, 0.1) is 12.1 Å². The molecular weight excluding hydrogens is 310 g/mol. The van der Waals surface area contributed by atoms with Crippen molar-refractivity contribution >= 4 is 11.8 Å². The van der Waals surface area contributed by atoms with Crippen LogP contribution >= 0.6 is 0 Å². The van der Waals surface area contributed by atoms with Gasteiger partial charge in [0, 0.05) is 32.0 Å². The lowest BCUT2D eigenvalue weighted by Gasteiger charge is -2.30. The van der Waals surface area contributed by atoms with Crippen LogP contribution in [0.3, 0.4) is 0 Å². The Kier molecular flexibility index (Phi) is 7.40. The fourth-order valence-electron chi connectivity index (χ4n) is 3.28. The van der Waals surface area contributed by atoms with Crippen molar-refractivity contribution in [1.82, 2.24) is 4.90 Å². The molecule has 0 aromatic carbocycles. The van der Waals surface area contributed by atoms with Crippen molar-refractivity contribution in [3.8, 4) is 0 Å². The van der Waals surface area contributed by atoms with E-state index >= 15 is 0 Å². The van der Waals surface area contributed by atoms with E-state index in [0.717, 1.165) is 19.3 Å². The van der Waals surface area contributed by atoms with Crippen LogP contribution in [0.15, 0.2) is 12.2 Å². The molecule has 0 aromatic heterocycles. The third kappa shape index (κ3) is 4.23. The highest BCUT2D eigenvalue weighted by Gasteiger charge is 2.51. The summed E-state index contributed by atoms with van der Waals surface area (Å²) in [5.41, 5.74) is 0. The third-order valence-corrected chi connectivity index (χ3v) is 4.28. The molecule has 0 radical (unpaired) electrons. The lowest BCUT2D eigenvalue weighted by atomic mass is 10.1. The number of amides is 2.